The number of aromatic nitrogens is 2. The lowest BCUT2D eigenvalue weighted by Crippen LogP contribution is -2.38. The molecule has 148 valence electrons. The van der Waals surface area contributed by atoms with Gasteiger partial charge in [0.1, 0.15) is 12.4 Å². The van der Waals surface area contributed by atoms with Crippen molar-refractivity contribution in [2.45, 2.75) is 31.2 Å². The molecule has 28 heavy (non-hydrogen) atoms. The highest BCUT2D eigenvalue weighted by atomic mass is 19.1. The summed E-state index contributed by atoms with van der Waals surface area (Å²) in [6.07, 6.45) is 6.23. The van der Waals surface area contributed by atoms with E-state index in [0.717, 1.165) is 38.9 Å². The highest BCUT2D eigenvalue weighted by Gasteiger charge is 2.38. The molecule has 1 aromatic heterocycles. The number of halogens is 1. The Kier molecular flexibility index (Phi) is 5.64. The molecule has 2 heterocycles. The van der Waals surface area contributed by atoms with Crippen LogP contribution in [0.3, 0.4) is 0 Å². The van der Waals surface area contributed by atoms with E-state index in [1.165, 1.54) is 30.1 Å². The third kappa shape index (κ3) is 4.36. The second-order valence-electron chi connectivity index (χ2n) is 7.69. The number of anilines is 1. The maximum Gasteiger partial charge on any atom is 0.225 e. The van der Waals surface area contributed by atoms with Gasteiger partial charge in [-0.1, -0.05) is 12.1 Å². The molecule has 1 aliphatic carbocycles. The van der Waals surface area contributed by atoms with Crippen LogP contribution in [0, 0.1) is 11.7 Å². The molecule has 1 saturated carbocycles. The molecule has 2 atom stereocenters. The van der Waals surface area contributed by atoms with E-state index in [1.807, 2.05) is 12.1 Å². The first kappa shape index (κ1) is 19.0. The lowest BCUT2D eigenvalue weighted by molar-refractivity contribution is 0.0903. The fourth-order valence-corrected chi connectivity index (χ4v) is 3.87. The number of carbonyl (C=O) groups is 1. The Balaban J connectivity index is 1.21. The largest absolute Gasteiger partial charge is 0.388 e. The molecule has 0 radical (unpaired) electrons. The number of aliphatic hydroxyl groups excluding tert-OH is 1. The van der Waals surface area contributed by atoms with E-state index >= 15 is 0 Å². The zero-order valence-electron chi connectivity index (χ0n) is 15.7. The van der Waals surface area contributed by atoms with Crippen LogP contribution in [0.1, 0.15) is 41.1 Å². The van der Waals surface area contributed by atoms with Gasteiger partial charge in [0.2, 0.25) is 5.95 Å². The van der Waals surface area contributed by atoms with Crippen LogP contribution >= 0.6 is 0 Å². The Bertz CT molecular complexity index is 804. The van der Waals surface area contributed by atoms with Crippen LogP contribution in [0.15, 0.2) is 36.7 Å². The van der Waals surface area contributed by atoms with E-state index in [-0.39, 0.29) is 11.6 Å². The van der Waals surface area contributed by atoms with Crippen molar-refractivity contribution in [3.63, 3.8) is 0 Å². The third-order valence-electron chi connectivity index (χ3n) is 5.76. The first-order chi connectivity index (χ1) is 13.6. The Morgan fingerprint density at radius 3 is 2.50 bits per heavy atom. The number of benzene rings is 1. The molecule has 0 bridgehead atoms. The summed E-state index contributed by atoms with van der Waals surface area (Å²) >= 11 is 0. The molecule has 2 aliphatic rings. The topological polar surface area (TPSA) is 78.3 Å². The van der Waals surface area contributed by atoms with Gasteiger partial charge in [-0.25, -0.2) is 14.4 Å². The third-order valence-corrected chi connectivity index (χ3v) is 5.76. The van der Waals surface area contributed by atoms with Crippen molar-refractivity contribution in [2.24, 2.45) is 5.92 Å². The zero-order valence-corrected chi connectivity index (χ0v) is 15.7. The molecule has 4 rings (SSSR count). The quantitative estimate of drug-likeness (QED) is 0.713. The lowest BCUT2D eigenvalue weighted by Gasteiger charge is -2.32. The summed E-state index contributed by atoms with van der Waals surface area (Å²) in [5.74, 6) is 1.23. The number of Topliss-reactive ketones (excluding diaryl/α,β-unsaturated/α-hetero) is 1. The maximum absolute atomic E-state index is 13.0. The number of rotatable bonds is 7. The van der Waals surface area contributed by atoms with Gasteiger partial charge in [0.25, 0.3) is 0 Å². The van der Waals surface area contributed by atoms with E-state index in [2.05, 4.69) is 20.2 Å². The molecule has 2 N–H and O–H groups in total. The van der Waals surface area contributed by atoms with Crippen LogP contribution in [-0.4, -0.2) is 53.1 Å². The number of piperidine rings is 1. The van der Waals surface area contributed by atoms with Crippen molar-refractivity contribution in [1.29, 1.82) is 0 Å². The monoisotopic (exact) mass is 384 g/mol. The lowest BCUT2D eigenvalue weighted by atomic mass is 9.97. The minimum atomic E-state index is -0.524. The van der Waals surface area contributed by atoms with Crippen LogP contribution in [-0.2, 0) is 0 Å². The fourth-order valence-electron chi connectivity index (χ4n) is 3.87. The first-order valence-corrected chi connectivity index (χ1v) is 9.84. The van der Waals surface area contributed by atoms with E-state index in [0.29, 0.717) is 29.4 Å². The number of nitrogens with zero attached hydrogens (tertiary/aromatic N) is 3. The van der Waals surface area contributed by atoms with E-state index < -0.39 is 6.61 Å². The summed E-state index contributed by atoms with van der Waals surface area (Å²) in [7, 11) is 0. The second kappa shape index (κ2) is 8.32. The molecule has 1 aliphatic heterocycles. The Morgan fingerprint density at radius 1 is 1.18 bits per heavy atom. The van der Waals surface area contributed by atoms with Crippen molar-refractivity contribution >= 4 is 11.7 Å². The van der Waals surface area contributed by atoms with Gasteiger partial charge in [0.15, 0.2) is 5.78 Å². The summed E-state index contributed by atoms with van der Waals surface area (Å²) in [6.45, 7) is 2.27. The van der Waals surface area contributed by atoms with Crippen LogP contribution in [0.2, 0.25) is 0 Å². The van der Waals surface area contributed by atoms with Gasteiger partial charge in [-0.15, -0.1) is 0 Å². The van der Waals surface area contributed by atoms with Crippen molar-refractivity contribution in [2.75, 3.05) is 31.1 Å². The van der Waals surface area contributed by atoms with Gasteiger partial charge in [-0.3, -0.25) is 4.79 Å². The Hall–Kier alpha value is -2.38. The average molecular weight is 384 g/mol. The molecule has 1 saturated heterocycles. The molecular weight excluding hydrogens is 359 g/mol. The molecule has 6 nitrogen and oxygen atoms in total. The predicted molar refractivity (Wildman–Crippen MR) is 104 cm³/mol. The normalized spacial score (nSPS) is 22.3. The highest BCUT2D eigenvalue weighted by Crippen LogP contribution is 2.41. The van der Waals surface area contributed by atoms with E-state index in [1.54, 1.807) is 0 Å². The SMILES string of the molecule is O=C(CO)c1cnc(N2CCC(CN[C@H]3C[C@@H]3c3ccc(F)cc3)CC2)nc1. The molecule has 2 aromatic rings. The molecule has 0 unspecified atom stereocenters. The number of ketones is 1. The minimum absolute atomic E-state index is 0.181. The van der Waals surface area contributed by atoms with Crippen LogP contribution in [0.25, 0.3) is 0 Å². The van der Waals surface area contributed by atoms with Gasteiger partial charge >= 0.3 is 0 Å². The van der Waals surface area contributed by atoms with E-state index in [4.69, 9.17) is 5.11 Å². The van der Waals surface area contributed by atoms with Crippen LogP contribution in [0.4, 0.5) is 10.3 Å². The van der Waals surface area contributed by atoms with Gasteiger partial charge < -0.3 is 15.3 Å². The van der Waals surface area contributed by atoms with Crippen LogP contribution in [0.5, 0.6) is 0 Å². The molecule has 0 amide bonds. The summed E-state index contributed by atoms with van der Waals surface area (Å²) in [5.41, 5.74) is 1.56. The molecule has 0 spiro atoms. The van der Waals surface area contributed by atoms with Crippen molar-refractivity contribution in [3.8, 4) is 0 Å². The highest BCUT2D eigenvalue weighted by molar-refractivity contribution is 5.96. The predicted octanol–water partition coefficient (Wildman–Crippen LogP) is 2.15. The van der Waals surface area contributed by atoms with Crippen molar-refractivity contribution in [1.82, 2.24) is 15.3 Å². The fraction of sp³-hybridized carbons (Fsp3) is 0.476. The van der Waals surface area contributed by atoms with Gasteiger partial charge in [0.05, 0.1) is 5.56 Å². The Labute approximate surface area is 163 Å². The molecular formula is C21H25FN4O2. The summed E-state index contributed by atoms with van der Waals surface area (Å²) < 4.78 is 13.0. The number of hydrogen-bond donors (Lipinski definition) is 2. The number of nitrogens with one attached hydrogen (secondary N) is 1. The van der Waals surface area contributed by atoms with Crippen molar-refractivity contribution in [3.05, 3.63) is 53.6 Å². The number of aliphatic hydroxyl groups is 1. The molecule has 7 heteroatoms. The summed E-state index contributed by atoms with van der Waals surface area (Å²) in [6, 6.07) is 7.35. The maximum atomic E-state index is 13.0. The Morgan fingerprint density at radius 2 is 1.86 bits per heavy atom. The minimum Gasteiger partial charge on any atom is -0.388 e. The number of hydrogen-bond acceptors (Lipinski definition) is 6. The second-order valence-corrected chi connectivity index (χ2v) is 7.69. The molecule has 2 fully saturated rings. The van der Waals surface area contributed by atoms with Crippen molar-refractivity contribution < 1.29 is 14.3 Å². The van der Waals surface area contributed by atoms with E-state index in [9.17, 15) is 9.18 Å². The summed E-state index contributed by atoms with van der Waals surface area (Å²) in [4.78, 5) is 22.1. The number of carbonyl (C=O) groups excluding carboxylic acids is 1. The van der Waals surface area contributed by atoms with Gasteiger partial charge in [-0.05, 0) is 49.4 Å². The first-order valence-electron chi connectivity index (χ1n) is 9.84. The van der Waals surface area contributed by atoms with Crippen LogP contribution < -0.4 is 10.2 Å². The van der Waals surface area contributed by atoms with Gasteiger partial charge in [-0.2, -0.15) is 0 Å². The van der Waals surface area contributed by atoms with Gasteiger partial charge in [0, 0.05) is 37.4 Å². The average Bonchev–Trinajstić information content (AvgIpc) is 3.52. The molecule has 1 aromatic carbocycles. The standard InChI is InChI=1S/C21H25FN4O2/c22-17-3-1-15(2-4-17)18-9-19(18)23-10-14-5-7-26(8-6-14)21-24-11-16(12-25-21)20(28)13-27/h1-4,11-12,14,18-19,23,27H,5-10,13H2/t18-,19+/m1/s1. The smallest absolute Gasteiger partial charge is 0.225 e. The zero-order chi connectivity index (χ0) is 19.5. The summed E-state index contributed by atoms with van der Waals surface area (Å²) in [5, 5.41) is 12.6.